The molecule has 1 saturated heterocycles. The van der Waals surface area contributed by atoms with Crippen LogP contribution < -0.4 is 16.0 Å². The minimum Gasteiger partial charge on any atom is -0.372 e. The fourth-order valence-electron chi connectivity index (χ4n) is 2.88. The van der Waals surface area contributed by atoms with Crippen molar-refractivity contribution in [3.8, 4) is 11.3 Å². The van der Waals surface area contributed by atoms with Gasteiger partial charge in [-0.25, -0.2) is 4.98 Å². The van der Waals surface area contributed by atoms with Crippen LogP contribution in [0.25, 0.3) is 11.3 Å². The van der Waals surface area contributed by atoms with Crippen LogP contribution >= 0.6 is 11.3 Å². The molecule has 24 heavy (non-hydrogen) atoms. The van der Waals surface area contributed by atoms with E-state index in [2.05, 4.69) is 41.2 Å². The molecule has 6 nitrogen and oxygen atoms in total. The van der Waals surface area contributed by atoms with Gasteiger partial charge in [0.15, 0.2) is 5.13 Å². The van der Waals surface area contributed by atoms with E-state index in [1.165, 1.54) is 11.3 Å². The van der Waals surface area contributed by atoms with E-state index in [1.54, 1.807) is 0 Å². The van der Waals surface area contributed by atoms with E-state index < -0.39 is 0 Å². The zero-order valence-corrected chi connectivity index (χ0v) is 14.7. The Balaban J connectivity index is 1.79. The standard InChI is InChI=1S/C17H22N4O2S/c1-11-8-21(9-12(2)23-11)14-5-3-4-13(6-14)15-10-24-17(19-15)20-16(22)7-18/h3-6,10-12H,7-9,18H2,1-2H3,(H,19,20,22)/t11-,12+. The number of carbonyl (C=O) groups is 1. The lowest BCUT2D eigenvalue weighted by atomic mass is 10.1. The van der Waals surface area contributed by atoms with Crippen molar-refractivity contribution >= 4 is 28.1 Å². The molecule has 0 spiro atoms. The number of nitrogens with two attached hydrogens (primary N) is 1. The SMILES string of the molecule is C[C@@H]1CN(c2cccc(-c3csc(NC(=O)CN)n3)c2)C[C@H](C)O1. The molecule has 2 aromatic rings. The van der Waals surface area contributed by atoms with Crippen LogP contribution in [0, 0.1) is 0 Å². The first-order valence-electron chi connectivity index (χ1n) is 8.01. The van der Waals surface area contributed by atoms with Crippen molar-refractivity contribution in [3.05, 3.63) is 29.6 Å². The summed E-state index contributed by atoms with van der Waals surface area (Å²) in [5, 5.41) is 5.20. The number of carbonyl (C=O) groups excluding carboxylic acids is 1. The lowest BCUT2D eigenvalue weighted by molar-refractivity contribution is -0.114. The average molecular weight is 346 g/mol. The number of aromatic nitrogens is 1. The molecule has 7 heteroatoms. The lowest BCUT2D eigenvalue weighted by Gasteiger charge is -2.37. The van der Waals surface area contributed by atoms with E-state index in [4.69, 9.17) is 10.5 Å². The summed E-state index contributed by atoms with van der Waals surface area (Å²) in [5.74, 6) is -0.235. The van der Waals surface area contributed by atoms with Crippen molar-refractivity contribution < 1.29 is 9.53 Å². The Bertz CT molecular complexity index is 708. The Hall–Kier alpha value is -1.96. The number of hydrogen-bond donors (Lipinski definition) is 2. The van der Waals surface area contributed by atoms with Gasteiger partial charge >= 0.3 is 0 Å². The maximum Gasteiger partial charge on any atom is 0.239 e. The van der Waals surface area contributed by atoms with Crippen LogP contribution in [-0.4, -0.2) is 42.7 Å². The smallest absolute Gasteiger partial charge is 0.239 e. The van der Waals surface area contributed by atoms with Gasteiger partial charge in [0.05, 0.1) is 24.4 Å². The number of morpholine rings is 1. The highest BCUT2D eigenvalue weighted by molar-refractivity contribution is 7.14. The Labute approximate surface area is 145 Å². The molecule has 1 aromatic heterocycles. The molecule has 1 fully saturated rings. The van der Waals surface area contributed by atoms with Crippen LogP contribution in [0.2, 0.25) is 0 Å². The van der Waals surface area contributed by atoms with Crippen molar-refractivity contribution in [2.24, 2.45) is 5.73 Å². The molecule has 0 aliphatic carbocycles. The molecule has 2 atom stereocenters. The van der Waals surface area contributed by atoms with Crippen molar-refractivity contribution in [3.63, 3.8) is 0 Å². The number of hydrogen-bond acceptors (Lipinski definition) is 6. The van der Waals surface area contributed by atoms with E-state index in [-0.39, 0.29) is 24.7 Å². The predicted octanol–water partition coefficient (Wildman–Crippen LogP) is 2.32. The molecule has 0 unspecified atom stereocenters. The Kier molecular flexibility index (Phi) is 5.13. The molecule has 1 aliphatic heterocycles. The maximum atomic E-state index is 11.4. The van der Waals surface area contributed by atoms with Gasteiger partial charge in [0.25, 0.3) is 0 Å². The monoisotopic (exact) mass is 346 g/mol. The third-order valence-electron chi connectivity index (χ3n) is 3.86. The molecule has 0 radical (unpaired) electrons. The Morgan fingerprint density at radius 1 is 1.42 bits per heavy atom. The first kappa shape index (κ1) is 16.9. The van der Waals surface area contributed by atoms with Crippen LogP contribution in [0.4, 0.5) is 10.8 Å². The van der Waals surface area contributed by atoms with Gasteiger partial charge in [0.2, 0.25) is 5.91 Å². The third kappa shape index (κ3) is 3.92. The number of anilines is 2. The molecule has 0 saturated carbocycles. The molecule has 3 rings (SSSR count). The minimum absolute atomic E-state index is 0.0439. The first-order chi connectivity index (χ1) is 11.5. The summed E-state index contributed by atoms with van der Waals surface area (Å²) in [6, 6.07) is 8.30. The molecule has 1 aromatic carbocycles. The van der Waals surface area contributed by atoms with Crippen LogP contribution in [0.3, 0.4) is 0 Å². The second kappa shape index (κ2) is 7.29. The van der Waals surface area contributed by atoms with E-state index >= 15 is 0 Å². The molecule has 0 bridgehead atoms. The minimum atomic E-state index is -0.235. The lowest BCUT2D eigenvalue weighted by Crippen LogP contribution is -2.45. The summed E-state index contributed by atoms with van der Waals surface area (Å²) in [6.45, 7) is 5.90. The van der Waals surface area contributed by atoms with Gasteiger partial charge in [-0.1, -0.05) is 12.1 Å². The van der Waals surface area contributed by atoms with Crippen molar-refractivity contribution in [1.82, 2.24) is 4.98 Å². The van der Waals surface area contributed by atoms with Crippen molar-refractivity contribution in [2.75, 3.05) is 29.9 Å². The third-order valence-corrected chi connectivity index (χ3v) is 4.62. The number of benzene rings is 1. The van der Waals surface area contributed by atoms with E-state index in [0.29, 0.717) is 5.13 Å². The fraction of sp³-hybridized carbons (Fsp3) is 0.412. The van der Waals surface area contributed by atoms with Crippen molar-refractivity contribution in [1.29, 1.82) is 0 Å². The van der Waals surface area contributed by atoms with Gasteiger partial charge in [-0.15, -0.1) is 11.3 Å². The highest BCUT2D eigenvalue weighted by Gasteiger charge is 2.22. The number of nitrogens with one attached hydrogen (secondary N) is 1. The van der Waals surface area contributed by atoms with E-state index in [1.807, 2.05) is 17.5 Å². The summed E-state index contributed by atoms with van der Waals surface area (Å²) in [4.78, 5) is 18.2. The molecule has 1 aliphatic rings. The van der Waals surface area contributed by atoms with Gasteiger partial charge in [0, 0.05) is 29.7 Å². The highest BCUT2D eigenvalue weighted by atomic mass is 32.1. The average Bonchev–Trinajstić information content (AvgIpc) is 3.02. The number of nitrogens with zero attached hydrogens (tertiary/aromatic N) is 2. The largest absolute Gasteiger partial charge is 0.372 e. The molecule has 3 N–H and O–H groups in total. The van der Waals surface area contributed by atoms with E-state index in [0.717, 1.165) is 30.0 Å². The van der Waals surface area contributed by atoms with Crippen molar-refractivity contribution in [2.45, 2.75) is 26.1 Å². The number of thiazole rings is 1. The fourth-order valence-corrected chi connectivity index (χ4v) is 3.62. The zero-order chi connectivity index (χ0) is 17.1. The molecular weight excluding hydrogens is 324 g/mol. The number of ether oxygens (including phenoxy) is 1. The summed E-state index contributed by atoms with van der Waals surface area (Å²) in [7, 11) is 0. The molecular formula is C17H22N4O2S. The van der Waals surface area contributed by atoms with Gasteiger partial charge in [-0.3, -0.25) is 4.79 Å². The summed E-state index contributed by atoms with van der Waals surface area (Å²) in [5.41, 5.74) is 8.36. The summed E-state index contributed by atoms with van der Waals surface area (Å²) in [6.07, 6.45) is 0.435. The topological polar surface area (TPSA) is 80.5 Å². The van der Waals surface area contributed by atoms with Crippen LogP contribution in [0.15, 0.2) is 29.6 Å². The van der Waals surface area contributed by atoms with Gasteiger partial charge in [-0.05, 0) is 26.0 Å². The Morgan fingerprint density at radius 2 is 2.17 bits per heavy atom. The summed E-state index contributed by atoms with van der Waals surface area (Å²) >= 11 is 1.40. The zero-order valence-electron chi connectivity index (χ0n) is 13.9. The second-order valence-corrected chi connectivity index (χ2v) is 6.86. The quantitative estimate of drug-likeness (QED) is 0.888. The predicted molar refractivity (Wildman–Crippen MR) is 97.5 cm³/mol. The van der Waals surface area contributed by atoms with Crippen LogP contribution in [-0.2, 0) is 9.53 Å². The van der Waals surface area contributed by atoms with Crippen LogP contribution in [0.5, 0.6) is 0 Å². The maximum absolute atomic E-state index is 11.4. The molecule has 1 amide bonds. The molecule has 128 valence electrons. The summed E-state index contributed by atoms with van der Waals surface area (Å²) < 4.78 is 5.80. The normalized spacial score (nSPS) is 20.9. The number of rotatable bonds is 4. The van der Waals surface area contributed by atoms with Gasteiger partial charge in [-0.2, -0.15) is 0 Å². The van der Waals surface area contributed by atoms with Gasteiger partial charge in [0.1, 0.15) is 0 Å². The number of amides is 1. The highest BCUT2D eigenvalue weighted by Crippen LogP contribution is 2.29. The first-order valence-corrected chi connectivity index (χ1v) is 8.89. The van der Waals surface area contributed by atoms with Crippen LogP contribution in [0.1, 0.15) is 13.8 Å². The van der Waals surface area contributed by atoms with E-state index in [9.17, 15) is 4.79 Å². The molecule has 2 heterocycles. The van der Waals surface area contributed by atoms with Gasteiger partial charge < -0.3 is 20.7 Å². The second-order valence-electron chi connectivity index (χ2n) is 6.00. The Morgan fingerprint density at radius 3 is 2.88 bits per heavy atom.